The number of nitrogens with zero attached hydrogens (tertiary/aromatic N) is 1. The molecule has 0 radical (unpaired) electrons. The first-order chi connectivity index (χ1) is 15.0. The van der Waals surface area contributed by atoms with Gasteiger partial charge in [0.1, 0.15) is 11.3 Å². The molecule has 0 fully saturated rings. The summed E-state index contributed by atoms with van der Waals surface area (Å²) in [6.07, 6.45) is 0.825. The Kier molecular flexibility index (Phi) is 5.90. The molecule has 3 N–H and O–H groups in total. The monoisotopic (exact) mass is 436 g/mol. The maximum absolute atomic E-state index is 13.0. The molecule has 0 unspecified atom stereocenters. The van der Waals surface area contributed by atoms with Crippen molar-refractivity contribution in [3.05, 3.63) is 68.7 Å². The standard InChI is InChI=1S/C23H24N4O3S/c1-14-5-7-15(8-6-14)13-24-19(28)4-3-11-27-22(29)21-20(26-23(27)31)17-12-16(30-2)9-10-18(17)25-21/h5-10,12,25H,3-4,11,13H2,1-2H3,(H,24,28)(H,26,31). The van der Waals surface area contributed by atoms with Crippen molar-refractivity contribution in [1.82, 2.24) is 19.9 Å². The van der Waals surface area contributed by atoms with Crippen molar-refractivity contribution in [1.29, 1.82) is 0 Å². The zero-order valence-electron chi connectivity index (χ0n) is 17.5. The Morgan fingerprint density at radius 2 is 1.90 bits per heavy atom. The van der Waals surface area contributed by atoms with E-state index < -0.39 is 0 Å². The molecule has 160 valence electrons. The summed E-state index contributed by atoms with van der Waals surface area (Å²) in [6.45, 7) is 2.88. The number of aromatic amines is 2. The largest absolute Gasteiger partial charge is 0.497 e. The van der Waals surface area contributed by atoms with E-state index in [1.54, 1.807) is 7.11 Å². The van der Waals surface area contributed by atoms with Crippen LogP contribution in [0.15, 0.2) is 47.3 Å². The Bertz CT molecular complexity index is 1370. The first kappa shape index (κ1) is 20.9. The van der Waals surface area contributed by atoms with E-state index in [1.807, 2.05) is 49.4 Å². The molecule has 0 atom stereocenters. The Balaban J connectivity index is 1.45. The number of ether oxygens (including phenoxy) is 1. The second-order valence-electron chi connectivity index (χ2n) is 7.54. The second kappa shape index (κ2) is 8.77. The van der Waals surface area contributed by atoms with Crippen molar-refractivity contribution >= 4 is 40.1 Å². The van der Waals surface area contributed by atoms with Gasteiger partial charge in [0, 0.05) is 30.4 Å². The van der Waals surface area contributed by atoms with E-state index in [0.717, 1.165) is 16.5 Å². The van der Waals surface area contributed by atoms with E-state index >= 15 is 0 Å². The van der Waals surface area contributed by atoms with Crippen LogP contribution in [-0.2, 0) is 17.9 Å². The Hall–Kier alpha value is -3.39. The normalized spacial score (nSPS) is 11.2. The number of carbonyl (C=O) groups excluding carboxylic acids is 1. The third kappa shape index (κ3) is 4.39. The zero-order valence-corrected chi connectivity index (χ0v) is 18.3. The molecule has 0 spiro atoms. The fourth-order valence-electron chi connectivity index (χ4n) is 3.59. The lowest BCUT2D eigenvalue weighted by molar-refractivity contribution is -0.121. The minimum absolute atomic E-state index is 0.0534. The van der Waals surface area contributed by atoms with Crippen LogP contribution in [0.1, 0.15) is 24.0 Å². The van der Waals surface area contributed by atoms with Gasteiger partial charge in [0.2, 0.25) is 5.91 Å². The Morgan fingerprint density at radius 1 is 1.13 bits per heavy atom. The molecule has 8 heteroatoms. The van der Waals surface area contributed by atoms with Crippen LogP contribution < -0.4 is 15.6 Å². The summed E-state index contributed by atoms with van der Waals surface area (Å²) in [5.41, 5.74) is 3.99. The number of H-pyrrole nitrogens is 2. The van der Waals surface area contributed by atoms with Crippen molar-refractivity contribution in [2.45, 2.75) is 32.9 Å². The SMILES string of the molecule is COc1ccc2[nH]c3c(=O)n(CCCC(=O)NCc4ccc(C)cc4)c(=S)[nH]c3c2c1. The molecule has 7 nitrogen and oxygen atoms in total. The van der Waals surface area contributed by atoms with Crippen LogP contribution in [0.3, 0.4) is 0 Å². The van der Waals surface area contributed by atoms with Crippen molar-refractivity contribution in [3.63, 3.8) is 0 Å². The van der Waals surface area contributed by atoms with Gasteiger partial charge in [-0.05, 0) is 49.3 Å². The zero-order chi connectivity index (χ0) is 22.0. The van der Waals surface area contributed by atoms with Crippen LogP contribution in [0.5, 0.6) is 5.75 Å². The van der Waals surface area contributed by atoms with E-state index in [1.165, 1.54) is 10.1 Å². The number of nitrogens with one attached hydrogen (secondary N) is 3. The van der Waals surface area contributed by atoms with Gasteiger partial charge in [-0.3, -0.25) is 14.2 Å². The van der Waals surface area contributed by atoms with Gasteiger partial charge in [-0.15, -0.1) is 0 Å². The number of methoxy groups -OCH3 is 1. The van der Waals surface area contributed by atoms with Crippen molar-refractivity contribution in [2.75, 3.05) is 7.11 Å². The maximum Gasteiger partial charge on any atom is 0.278 e. The van der Waals surface area contributed by atoms with Crippen LogP contribution in [0.25, 0.3) is 21.9 Å². The number of hydrogen-bond donors (Lipinski definition) is 3. The summed E-state index contributed by atoms with van der Waals surface area (Å²) in [7, 11) is 1.60. The number of benzene rings is 2. The highest BCUT2D eigenvalue weighted by molar-refractivity contribution is 7.71. The average molecular weight is 437 g/mol. The predicted octanol–water partition coefficient (Wildman–Crippen LogP) is 3.95. The molecule has 31 heavy (non-hydrogen) atoms. The highest BCUT2D eigenvalue weighted by Gasteiger charge is 2.13. The minimum atomic E-state index is -0.200. The van der Waals surface area contributed by atoms with E-state index in [-0.39, 0.29) is 11.5 Å². The number of amides is 1. The fraction of sp³-hybridized carbons (Fsp3) is 0.261. The average Bonchev–Trinajstić information content (AvgIpc) is 3.13. The van der Waals surface area contributed by atoms with Gasteiger partial charge in [-0.1, -0.05) is 29.8 Å². The number of hydrogen-bond acceptors (Lipinski definition) is 4. The summed E-state index contributed by atoms with van der Waals surface area (Å²) < 4.78 is 7.11. The van der Waals surface area contributed by atoms with E-state index in [9.17, 15) is 9.59 Å². The molecule has 0 bridgehead atoms. The maximum atomic E-state index is 13.0. The highest BCUT2D eigenvalue weighted by atomic mass is 32.1. The van der Waals surface area contributed by atoms with Crippen molar-refractivity contribution in [2.24, 2.45) is 0 Å². The third-order valence-corrected chi connectivity index (χ3v) is 5.66. The number of fused-ring (bicyclic) bond motifs is 3. The smallest absolute Gasteiger partial charge is 0.278 e. The molecule has 2 heterocycles. The Morgan fingerprint density at radius 3 is 2.65 bits per heavy atom. The van der Waals surface area contributed by atoms with Crippen LogP contribution in [0, 0.1) is 11.7 Å². The number of aromatic nitrogens is 3. The predicted molar refractivity (Wildman–Crippen MR) is 124 cm³/mol. The van der Waals surface area contributed by atoms with Gasteiger partial charge in [0.15, 0.2) is 4.77 Å². The highest BCUT2D eigenvalue weighted by Crippen LogP contribution is 2.25. The van der Waals surface area contributed by atoms with Gasteiger partial charge in [0.05, 0.1) is 12.6 Å². The van der Waals surface area contributed by atoms with E-state index in [0.29, 0.717) is 47.5 Å². The van der Waals surface area contributed by atoms with E-state index in [2.05, 4.69) is 15.3 Å². The van der Waals surface area contributed by atoms with E-state index in [4.69, 9.17) is 17.0 Å². The molecule has 4 aromatic rings. The summed E-state index contributed by atoms with van der Waals surface area (Å²) in [5.74, 6) is 0.649. The van der Waals surface area contributed by atoms with Gasteiger partial charge in [-0.2, -0.15) is 0 Å². The lowest BCUT2D eigenvalue weighted by Gasteiger charge is -2.08. The lowest BCUT2D eigenvalue weighted by atomic mass is 10.1. The molecule has 1 amide bonds. The number of carbonyl (C=O) groups is 1. The van der Waals surface area contributed by atoms with Crippen LogP contribution in [0.2, 0.25) is 0 Å². The number of rotatable bonds is 7. The van der Waals surface area contributed by atoms with Crippen LogP contribution >= 0.6 is 12.2 Å². The molecule has 0 aliphatic heterocycles. The number of aryl methyl sites for hydroxylation is 1. The molecule has 4 rings (SSSR count). The summed E-state index contributed by atoms with van der Waals surface area (Å²) >= 11 is 5.42. The Labute approximate surface area is 184 Å². The first-order valence-corrected chi connectivity index (χ1v) is 10.5. The molecule has 0 saturated carbocycles. The van der Waals surface area contributed by atoms with Gasteiger partial charge in [-0.25, -0.2) is 0 Å². The second-order valence-corrected chi connectivity index (χ2v) is 7.93. The molecule has 2 aromatic carbocycles. The third-order valence-electron chi connectivity index (χ3n) is 5.34. The fourth-order valence-corrected chi connectivity index (χ4v) is 3.86. The molecule has 2 aromatic heterocycles. The lowest BCUT2D eigenvalue weighted by Crippen LogP contribution is -2.25. The quantitative estimate of drug-likeness (QED) is 0.383. The van der Waals surface area contributed by atoms with Crippen molar-refractivity contribution in [3.8, 4) is 5.75 Å². The first-order valence-electron chi connectivity index (χ1n) is 10.1. The van der Waals surface area contributed by atoms with Crippen LogP contribution in [0.4, 0.5) is 0 Å². The van der Waals surface area contributed by atoms with Crippen LogP contribution in [-0.4, -0.2) is 27.6 Å². The molecule has 0 aliphatic carbocycles. The van der Waals surface area contributed by atoms with Crippen molar-refractivity contribution < 1.29 is 9.53 Å². The molecular formula is C23H24N4O3S. The molecule has 0 aliphatic rings. The summed E-state index contributed by atoms with van der Waals surface area (Å²) in [4.78, 5) is 31.5. The minimum Gasteiger partial charge on any atom is -0.497 e. The van der Waals surface area contributed by atoms with Gasteiger partial charge in [0.25, 0.3) is 5.56 Å². The molecule has 0 saturated heterocycles. The summed E-state index contributed by atoms with van der Waals surface area (Å²) in [5, 5.41) is 3.76. The van der Waals surface area contributed by atoms with Gasteiger partial charge < -0.3 is 20.0 Å². The topological polar surface area (TPSA) is 91.9 Å². The van der Waals surface area contributed by atoms with Gasteiger partial charge >= 0.3 is 0 Å². The molecular weight excluding hydrogens is 412 g/mol. The summed E-state index contributed by atoms with van der Waals surface area (Å²) in [6, 6.07) is 13.6.